The van der Waals surface area contributed by atoms with Crippen LogP contribution in [0.3, 0.4) is 0 Å². The van der Waals surface area contributed by atoms with E-state index in [1.807, 2.05) is 0 Å². The number of anilines is 1. The predicted molar refractivity (Wildman–Crippen MR) is 78.7 cm³/mol. The van der Waals surface area contributed by atoms with E-state index < -0.39 is 0 Å². The van der Waals surface area contributed by atoms with Crippen LogP contribution < -0.4 is 4.90 Å². The molecule has 1 aliphatic heterocycles. The van der Waals surface area contributed by atoms with Crippen molar-refractivity contribution < 1.29 is 4.74 Å². The Kier molecular flexibility index (Phi) is 4.77. The molecule has 1 atom stereocenters. The van der Waals surface area contributed by atoms with Crippen LogP contribution in [0, 0.1) is 6.92 Å². The molecule has 0 N–H and O–H groups in total. The fraction of sp³-hybridized carbons (Fsp3) is 0.667. The zero-order valence-corrected chi connectivity index (χ0v) is 12.5. The molecule has 1 saturated heterocycles. The zero-order chi connectivity index (χ0) is 13.8. The summed E-state index contributed by atoms with van der Waals surface area (Å²) in [4.78, 5) is 9.38. The normalized spacial score (nSPS) is 19.9. The van der Waals surface area contributed by atoms with E-state index in [4.69, 9.17) is 9.72 Å². The molecule has 1 aromatic rings. The van der Waals surface area contributed by atoms with Crippen molar-refractivity contribution in [3.63, 3.8) is 0 Å². The summed E-state index contributed by atoms with van der Waals surface area (Å²) in [5.41, 5.74) is 3.54. The molecule has 2 rings (SSSR count). The van der Waals surface area contributed by atoms with E-state index in [9.17, 15) is 0 Å². The second-order valence-corrected chi connectivity index (χ2v) is 5.47. The third-order valence-electron chi connectivity index (χ3n) is 3.76. The van der Waals surface area contributed by atoms with E-state index in [2.05, 4.69) is 43.0 Å². The molecule has 0 spiro atoms. The third-order valence-corrected chi connectivity index (χ3v) is 3.76. The fourth-order valence-corrected chi connectivity index (χ4v) is 2.74. The van der Waals surface area contributed by atoms with Gasteiger partial charge in [-0.15, -0.1) is 0 Å². The second-order valence-electron chi connectivity index (χ2n) is 5.47. The smallest absolute Gasteiger partial charge is 0.0599 e. The quantitative estimate of drug-likeness (QED) is 0.814. The Labute approximate surface area is 116 Å². The van der Waals surface area contributed by atoms with E-state index in [0.29, 0.717) is 6.04 Å². The molecule has 0 radical (unpaired) electrons. The van der Waals surface area contributed by atoms with E-state index in [0.717, 1.165) is 25.4 Å². The van der Waals surface area contributed by atoms with Gasteiger partial charge in [0.1, 0.15) is 0 Å². The molecular formula is C15H25N3O. The van der Waals surface area contributed by atoms with Crippen LogP contribution in [0.15, 0.2) is 12.1 Å². The van der Waals surface area contributed by atoms with Crippen molar-refractivity contribution in [3.05, 3.63) is 23.5 Å². The van der Waals surface area contributed by atoms with E-state index >= 15 is 0 Å². The average molecular weight is 263 g/mol. The van der Waals surface area contributed by atoms with Gasteiger partial charge in [-0.2, -0.15) is 0 Å². The van der Waals surface area contributed by atoms with Gasteiger partial charge in [0.25, 0.3) is 0 Å². The van der Waals surface area contributed by atoms with Crippen molar-refractivity contribution >= 4 is 5.69 Å². The highest BCUT2D eigenvalue weighted by Crippen LogP contribution is 2.32. The summed E-state index contributed by atoms with van der Waals surface area (Å²) in [6.45, 7) is 5.02. The van der Waals surface area contributed by atoms with Gasteiger partial charge in [0.05, 0.1) is 18.3 Å². The molecule has 0 aromatic carbocycles. The van der Waals surface area contributed by atoms with Crippen LogP contribution in [-0.2, 0) is 4.74 Å². The largest absolute Gasteiger partial charge is 0.383 e. The van der Waals surface area contributed by atoms with Crippen LogP contribution in [0.4, 0.5) is 5.69 Å². The van der Waals surface area contributed by atoms with Crippen LogP contribution in [0.5, 0.6) is 0 Å². The van der Waals surface area contributed by atoms with Crippen LogP contribution in [-0.4, -0.2) is 50.8 Å². The molecule has 2 heterocycles. The van der Waals surface area contributed by atoms with Gasteiger partial charge in [0, 0.05) is 39.1 Å². The molecule has 0 saturated carbocycles. The average Bonchev–Trinajstić information content (AvgIpc) is 2.83. The van der Waals surface area contributed by atoms with Crippen molar-refractivity contribution in [3.8, 4) is 0 Å². The number of aromatic nitrogens is 1. The van der Waals surface area contributed by atoms with Crippen LogP contribution in [0.2, 0.25) is 0 Å². The van der Waals surface area contributed by atoms with Gasteiger partial charge in [0.15, 0.2) is 0 Å². The fourth-order valence-electron chi connectivity index (χ4n) is 2.74. The Hall–Kier alpha value is -1.13. The maximum absolute atomic E-state index is 5.20. The molecule has 0 unspecified atom stereocenters. The molecule has 4 heteroatoms. The first-order valence-electron chi connectivity index (χ1n) is 7.00. The van der Waals surface area contributed by atoms with E-state index in [1.54, 1.807) is 7.11 Å². The first-order valence-corrected chi connectivity index (χ1v) is 7.00. The van der Waals surface area contributed by atoms with Gasteiger partial charge < -0.3 is 9.64 Å². The first-order chi connectivity index (χ1) is 9.11. The highest BCUT2D eigenvalue weighted by Gasteiger charge is 2.27. The van der Waals surface area contributed by atoms with Crippen LogP contribution in [0.25, 0.3) is 0 Å². The van der Waals surface area contributed by atoms with Crippen molar-refractivity contribution in [1.29, 1.82) is 0 Å². The number of hydrogen-bond donors (Lipinski definition) is 0. The number of nitrogens with zero attached hydrogens (tertiary/aromatic N) is 3. The first kappa shape index (κ1) is 14.3. The number of hydrogen-bond acceptors (Lipinski definition) is 4. The number of likely N-dealkylation sites (tertiary alicyclic amines) is 1. The zero-order valence-electron chi connectivity index (χ0n) is 12.5. The van der Waals surface area contributed by atoms with E-state index in [1.165, 1.54) is 24.2 Å². The van der Waals surface area contributed by atoms with Gasteiger partial charge in [-0.25, -0.2) is 0 Å². The molecule has 4 nitrogen and oxygen atoms in total. The molecule has 1 fully saturated rings. The van der Waals surface area contributed by atoms with Gasteiger partial charge in [-0.3, -0.25) is 9.88 Å². The molecule has 1 aliphatic rings. The Morgan fingerprint density at radius 3 is 2.89 bits per heavy atom. The number of aryl methyl sites for hydroxylation is 1. The Bertz CT molecular complexity index is 420. The van der Waals surface area contributed by atoms with Gasteiger partial charge in [-0.05, 0) is 38.4 Å². The lowest BCUT2D eigenvalue weighted by atomic mass is 10.1. The third kappa shape index (κ3) is 3.45. The van der Waals surface area contributed by atoms with Crippen molar-refractivity contribution in [2.45, 2.75) is 25.8 Å². The highest BCUT2D eigenvalue weighted by molar-refractivity contribution is 5.47. The SMILES string of the molecule is COCCN1CCC[C@@H]1c1cc(N(C)C)cc(C)n1. The topological polar surface area (TPSA) is 28.6 Å². The van der Waals surface area contributed by atoms with Crippen molar-refractivity contribution in [2.24, 2.45) is 0 Å². The molecular weight excluding hydrogens is 238 g/mol. The molecule has 19 heavy (non-hydrogen) atoms. The minimum absolute atomic E-state index is 0.453. The molecule has 0 bridgehead atoms. The second kappa shape index (κ2) is 6.35. The number of pyridine rings is 1. The summed E-state index contributed by atoms with van der Waals surface area (Å²) >= 11 is 0. The number of ether oxygens (including phenoxy) is 1. The maximum atomic E-state index is 5.20. The Morgan fingerprint density at radius 1 is 1.42 bits per heavy atom. The van der Waals surface area contributed by atoms with E-state index in [-0.39, 0.29) is 0 Å². The monoisotopic (exact) mass is 263 g/mol. The summed E-state index contributed by atoms with van der Waals surface area (Å²) in [5.74, 6) is 0. The number of methoxy groups -OCH3 is 1. The lowest BCUT2D eigenvalue weighted by Gasteiger charge is -2.25. The standard InChI is InChI=1S/C15H25N3O/c1-12-10-13(17(2)3)11-14(16-12)15-6-5-7-18(15)8-9-19-4/h10-11,15H,5-9H2,1-4H3/t15-/m1/s1. The number of rotatable bonds is 5. The van der Waals surface area contributed by atoms with Crippen molar-refractivity contribution in [1.82, 2.24) is 9.88 Å². The van der Waals surface area contributed by atoms with Crippen LogP contribution in [0.1, 0.15) is 30.3 Å². The highest BCUT2D eigenvalue weighted by atomic mass is 16.5. The predicted octanol–water partition coefficient (Wildman–Crippen LogP) is 2.24. The van der Waals surface area contributed by atoms with Crippen LogP contribution >= 0.6 is 0 Å². The lowest BCUT2D eigenvalue weighted by Crippen LogP contribution is -2.27. The minimum atomic E-state index is 0.453. The maximum Gasteiger partial charge on any atom is 0.0599 e. The van der Waals surface area contributed by atoms with Gasteiger partial charge >= 0.3 is 0 Å². The molecule has 0 amide bonds. The Morgan fingerprint density at radius 2 is 2.21 bits per heavy atom. The van der Waals surface area contributed by atoms with Gasteiger partial charge in [0.2, 0.25) is 0 Å². The molecule has 0 aliphatic carbocycles. The summed E-state index contributed by atoms with van der Waals surface area (Å²) in [6.07, 6.45) is 2.45. The summed E-state index contributed by atoms with van der Waals surface area (Å²) in [6, 6.07) is 4.81. The summed E-state index contributed by atoms with van der Waals surface area (Å²) < 4.78 is 5.20. The van der Waals surface area contributed by atoms with Crippen molar-refractivity contribution in [2.75, 3.05) is 45.8 Å². The Balaban J connectivity index is 2.20. The summed E-state index contributed by atoms with van der Waals surface area (Å²) in [5, 5.41) is 0. The molecule has 1 aromatic heterocycles. The minimum Gasteiger partial charge on any atom is -0.383 e. The molecule has 106 valence electrons. The lowest BCUT2D eigenvalue weighted by molar-refractivity contribution is 0.140. The van der Waals surface area contributed by atoms with Gasteiger partial charge in [-0.1, -0.05) is 0 Å². The summed E-state index contributed by atoms with van der Waals surface area (Å²) in [7, 11) is 5.92.